The van der Waals surface area contributed by atoms with Crippen molar-refractivity contribution in [1.29, 1.82) is 0 Å². The fraction of sp³-hybridized carbons (Fsp3) is 1.00. The van der Waals surface area contributed by atoms with Crippen LogP contribution in [0.2, 0.25) is 0 Å². The molecule has 1 unspecified atom stereocenters. The molecule has 0 amide bonds. The number of rotatable bonds is 6. The van der Waals surface area contributed by atoms with E-state index in [0.29, 0.717) is 12.0 Å². The Morgan fingerprint density at radius 1 is 1.20 bits per heavy atom. The Bertz CT molecular complexity index is 155. The molecule has 0 spiro atoms. The van der Waals surface area contributed by atoms with Gasteiger partial charge in [-0.1, -0.05) is 26.2 Å². The molecule has 1 N–H and O–H groups in total. The van der Waals surface area contributed by atoms with Crippen molar-refractivity contribution in [3.63, 3.8) is 0 Å². The highest BCUT2D eigenvalue weighted by molar-refractivity contribution is 4.76. The summed E-state index contributed by atoms with van der Waals surface area (Å²) >= 11 is 0. The van der Waals surface area contributed by atoms with Crippen LogP contribution in [0.15, 0.2) is 0 Å². The molecule has 0 radical (unpaired) electrons. The van der Waals surface area contributed by atoms with E-state index >= 15 is 0 Å². The van der Waals surface area contributed by atoms with E-state index in [1.54, 1.807) is 7.11 Å². The van der Waals surface area contributed by atoms with E-state index in [1.165, 1.54) is 32.1 Å². The monoisotopic (exact) mass is 213 g/mol. The summed E-state index contributed by atoms with van der Waals surface area (Å²) in [7, 11) is 1.78. The lowest BCUT2D eigenvalue weighted by atomic mass is 9.84. The third kappa shape index (κ3) is 4.98. The lowest BCUT2D eigenvalue weighted by Crippen LogP contribution is -2.37. The van der Waals surface area contributed by atoms with E-state index in [2.05, 4.69) is 19.2 Å². The van der Waals surface area contributed by atoms with Crippen molar-refractivity contribution in [1.82, 2.24) is 5.32 Å². The van der Waals surface area contributed by atoms with E-state index in [1.807, 2.05) is 0 Å². The zero-order chi connectivity index (χ0) is 11.1. The van der Waals surface area contributed by atoms with Crippen LogP contribution in [0, 0.1) is 11.8 Å². The summed E-state index contributed by atoms with van der Waals surface area (Å²) in [5.41, 5.74) is 0. The van der Waals surface area contributed by atoms with Gasteiger partial charge in [0.1, 0.15) is 0 Å². The van der Waals surface area contributed by atoms with Crippen LogP contribution in [0.5, 0.6) is 0 Å². The van der Waals surface area contributed by atoms with Crippen molar-refractivity contribution in [2.45, 2.75) is 52.0 Å². The molecule has 2 atom stereocenters. The predicted octanol–water partition coefficient (Wildman–Crippen LogP) is 2.83. The van der Waals surface area contributed by atoms with Crippen molar-refractivity contribution in [3.05, 3.63) is 0 Å². The highest BCUT2D eigenvalue weighted by atomic mass is 16.5. The van der Waals surface area contributed by atoms with Crippen LogP contribution in [0.4, 0.5) is 0 Å². The minimum atomic E-state index is 0.626. The lowest BCUT2D eigenvalue weighted by Gasteiger charge is -2.29. The topological polar surface area (TPSA) is 21.3 Å². The molecule has 2 nitrogen and oxygen atoms in total. The molecule has 0 aromatic rings. The molecule has 0 saturated heterocycles. The average Bonchev–Trinajstić information content (AvgIpc) is 2.27. The van der Waals surface area contributed by atoms with Gasteiger partial charge in [-0.25, -0.2) is 0 Å². The highest BCUT2D eigenvalue weighted by Gasteiger charge is 2.19. The standard InChI is InChI=1S/C13H27NO/c1-11(10-15-3)9-14-12(2)13-7-5-4-6-8-13/h11-14H,4-10H2,1-3H3/t11?,12-/m1/s1. The van der Waals surface area contributed by atoms with Gasteiger partial charge in [-0.2, -0.15) is 0 Å². The van der Waals surface area contributed by atoms with Gasteiger partial charge in [0.05, 0.1) is 0 Å². The number of ether oxygens (including phenoxy) is 1. The summed E-state index contributed by atoms with van der Waals surface area (Å²) in [6.07, 6.45) is 7.16. The first kappa shape index (κ1) is 13.0. The smallest absolute Gasteiger partial charge is 0.0499 e. The first-order valence-corrected chi connectivity index (χ1v) is 6.46. The molecule has 0 aromatic heterocycles. The second-order valence-corrected chi connectivity index (χ2v) is 5.16. The van der Waals surface area contributed by atoms with Crippen LogP contribution >= 0.6 is 0 Å². The fourth-order valence-corrected chi connectivity index (χ4v) is 2.53. The minimum Gasteiger partial charge on any atom is -0.384 e. The number of hydrogen-bond acceptors (Lipinski definition) is 2. The zero-order valence-corrected chi connectivity index (χ0v) is 10.6. The Balaban J connectivity index is 2.13. The largest absolute Gasteiger partial charge is 0.384 e. The molecule has 0 heterocycles. The van der Waals surface area contributed by atoms with Gasteiger partial charge in [0.25, 0.3) is 0 Å². The number of methoxy groups -OCH3 is 1. The van der Waals surface area contributed by atoms with Gasteiger partial charge in [-0.05, 0) is 31.6 Å². The maximum Gasteiger partial charge on any atom is 0.0499 e. The van der Waals surface area contributed by atoms with Crippen molar-refractivity contribution in [2.75, 3.05) is 20.3 Å². The van der Waals surface area contributed by atoms with Crippen LogP contribution in [-0.2, 0) is 4.74 Å². The molecular formula is C13H27NO. The Labute approximate surface area is 94.8 Å². The molecule has 0 aliphatic heterocycles. The number of nitrogens with one attached hydrogen (secondary N) is 1. The van der Waals surface area contributed by atoms with Gasteiger partial charge < -0.3 is 10.1 Å². The second kappa shape index (κ2) is 7.24. The van der Waals surface area contributed by atoms with E-state index in [-0.39, 0.29) is 0 Å². The molecule has 15 heavy (non-hydrogen) atoms. The molecule has 0 aromatic carbocycles. The molecule has 1 rings (SSSR count). The number of hydrogen-bond donors (Lipinski definition) is 1. The summed E-state index contributed by atoms with van der Waals surface area (Å²) in [5, 5.41) is 3.66. The van der Waals surface area contributed by atoms with E-state index in [4.69, 9.17) is 4.74 Å². The Morgan fingerprint density at radius 2 is 1.87 bits per heavy atom. The van der Waals surface area contributed by atoms with Crippen LogP contribution in [0.25, 0.3) is 0 Å². The highest BCUT2D eigenvalue weighted by Crippen LogP contribution is 2.26. The summed E-state index contributed by atoms with van der Waals surface area (Å²) in [6, 6.07) is 0.685. The summed E-state index contributed by atoms with van der Waals surface area (Å²) in [4.78, 5) is 0. The third-order valence-electron chi connectivity index (χ3n) is 3.60. The summed E-state index contributed by atoms with van der Waals surface area (Å²) in [6.45, 7) is 6.54. The molecule has 90 valence electrons. The van der Waals surface area contributed by atoms with Gasteiger partial charge in [-0.3, -0.25) is 0 Å². The van der Waals surface area contributed by atoms with E-state index in [9.17, 15) is 0 Å². The molecular weight excluding hydrogens is 186 g/mol. The second-order valence-electron chi connectivity index (χ2n) is 5.16. The van der Waals surface area contributed by atoms with Gasteiger partial charge in [0.2, 0.25) is 0 Å². The van der Waals surface area contributed by atoms with Crippen LogP contribution in [0.1, 0.15) is 46.0 Å². The SMILES string of the molecule is COCC(C)CN[C@H](C)C1CCCCC1. The van der Waals surface area contributed by atoms with Crippen molar-refractivity contribution in [2.24, 2.45) is 11.8 Å². The summed E-state index contributed by atoms with van der Waals surface area (Å²) in [5.74, 6) is 1.54. The van der Waals surface area contributed by atoms with Gasteiger partial charge in [-0.15, -0.1) is 0 Å². The Hall–Kier alpha value is -0.0800. The van der Waals surface area contributed by atoms with Crippen molar-refractivity contribution < 1.29 is 4.74 Å². The summed E-state index contributed by atoms with van der Waals surface area (Å²) < 4.78 is 5.14. The third-order valence-corrected chi connectivity index (χ3v) is 3.60. The molecule has 1 aliphatic rings. The van der Waals surface area contributed by atoms with Gasteiger partial charge >= 0.3 is 0 Å². The molecule has 1 saturated carbocycles. The fourth-order valence-electron chi connectivity index (χ4n) is 2.53. The van der Waals surface area contributed by atoms with Crippen molar-refractivity contribution >= 4 is 0 Å². The quantitative estimate of drug-likeness (QED) is 0.732. The first-order chi connectivity index (χ1) is 7.24. The minimum absolute atomic E-state index is 0.626. The average molecular weight is 213 g/mol. The van der Waals surface area contributed by atoms with Crippen molar-refractivity contribution in [3.8, 4) is 0 Å². The lowest BCUT2D eigenvalue weighted by molar-refractivity contribution is 0.153. The molecule has 1 fully saturated rings. The maximum absolute atomic E-state index is 5.14. The van der Waals surface area contributed by atoms with Gasteiger partial charge in [0.15, 0.2) is 0 Å². The van der Waals surface area contributed by atoms with E-state index in [0.717, 1.165) is 19.1 Å². The Kier molecular flexibility index (Phi) is 6.26. The molecule has 2 heteroatoms. The predicted molar refractivity (Wildman–Crippen MR) is 65.1 cm³/mol. The normalized spacial score (nSPS) is 22.6. The van der Waals surface area contributed by atoms with Crippen LogP contribution in [0.3, 0.4) is 0 Å². The zero-order valence-electron chi connectivity index (χ0n) is 10.6. The first-order valence-electron chi connectivity index (χ1n) is 6.46. The van der Waals surface area contributed by atoms with Crippen LogP contribution in [-0.4, -0.2) is 26.3 Å². The molecule has 0 bridgehead atoms. The van der Waals surface area contributed by atoms with E-state index < -0.39 is 0 Å². The molecule has 1 aliphatic carbocycles. The Morgan fingerprint density at radius 3 is 2.47 bits per heavy atom. The maximum atomic E-state index is 5.14. The van der Waals surface area contributed by atoms with Gasteiger partial charge in [0, 0.05) is 26.3 Å². The van der Waals surface area contributed by atoms with Crippen LogP contribution < -0.4 is 5.32 Å².